The molecule has 1 unspecified atom stereocenters. The highest BCUT2D eigenvalue weighted by Gasteiger charge is 2.39. The van der Waals surface area contributed by atoms with E-state index in [1.54, 1.807) is 6.07 Å². The van der Waals surface area contributed by atoms with E-state index in [1.165, 1.54) is 25.2 Å². The number of fused-ring (bicyclic) bond motifs is 1. The van der Waals surface area contributed by atoms with Gasteiger partial charge >= 0.3 is 5.97 Å². The lowest BCUT2D eigenvalue weighted by Crippen LogP contribution is -2.52. The number of nitrogens with one attached hydrogen (secondary N) is 1. The zero-order chi connectivity index (χ0) is 17.4. The quantitative estimate of drug-likeness (QED) is 0.628. The summed E-state index contributed by atoms with van der Waals surface area (Å²) in [4.78, 5) is 49.2. The molecule has 0 saturated carbocycles. The van der Waals surface area contributed by atoms with Crippen LogP contribution < -0.4 is 10.1 Å². The molecule has 1 saturated heterocycles. The minimum Gasteiger partial charge on any atom is -0.496 e. The maximum absolute atomic E-state index is 12.6. The molecule has 1 aromatic carbocycles. The molecule has 1 aromatic rings. The van der Waals surface area contributed by atoms with Gasteiger partial charge in [-0.1, -0.05) is 0 Å². The first-order valence-electron chi connectivity index (χ1n) is 7.40. The summed E-state index contributed by atoms with van der Waals surface area (Å²) >= 11 is 0. The molecule has 1 N–H and O–H groups in total. The smallest absolute Gasteiger partial charge is 0.341 e. The molecular formula is C16H16N2O6. The number of amides is 3. The van der Waals surface area contributed by atoms with Crippen molar-refractivity contribution in [3.05, 3.63) is 28.8 Å². The first kappa shape index (κ1) is 16.0. The molecule has 8 heteroatoms. The molecule has 24 heavy (non-hydrogen) atoms. The highest BCUT2D eigenvalue weighted by molar-refractivity contribution is 6.06. The topological polar surface area (TPSA) is 102 Å². The summed E-state index contributed by atoms with van der Waals surface area (Å²) in [6.45, 7) is 0.189. The average molecular weight is 332 g/mol. The van der Waals surface area contributed by atoms with Crippen molar-refractivity contribution in [3.63, 3.8) is 0 Å². The summed E-state index contributed by atoms with van der Waals surface area (Å²) in [5.74, 6) is -1.47. The number of methoxy groups -OCH3 is 2. The molecule has 0 aromatic heterocycles. The molecule has 2 heterocycles. The molecule has 2 aliphatic heterocycles. The molecular weight excluding hydrogens is 316 g/mol. The summed E-state index contributed by atoms with van der Waals surface area (Å²) in [6.07, 6.45) is 0.471. The largest absolute Gasteiger partial charge is 0.496 e. The number of imide groups is 1. The van der Waals surface area contributed by atoms with Crippen LogP contribution in [-0.4, -0.2) is 48.9 Å². The first-order valence-corrected chi connectivity index (χ1v) is 7.40. The standard InChI is InChI=1S/C16H16N2O6/c1-23-12-6-9-8(5-10(12)16(22)24-2)7-18(15(9)21)11-3-4-13(19)17-14(11)20/h5-6,11H,3-4,7H2,1-2H3,(H,17,19,20). The predicted molar refractivity (Wildman–Crippen MR) is 80.4 cm³/mol. The molecule has 3 rings (SSSR count). The fourth-order valence-corrected chi connectivity index (χ4v) is 3.03. The maximum Gasteiger partial charge on any atom is 0.341 e. The van der Waals surface area contributed by atoms with Crippen LogP contribution in [0.4, 0.5) is 0 Å². The van der Waals surface area contributed by atoms with E-state index in [9.17, 15) is 19.2 Å². The van der Waals surface area contributed by atoms with Crippen LogP contribution in [0.3, 0.4) is 0 Å². The number of benzene rings is 1. The Morgan fingerprint density at radius 1 is 1.25 bits per heavy atom. The number of carbonyl (C=O) groups is 4. The Kier molecular flexibility index (Phi) is 3.96. The molecule has 0 radical (unpaired) electrons. The zero-order valence-corrected chi connectivity index (χ0v) is 13.3. The highest BCUT2D eigenvalue weighted by atomic mass is 16.5. The summed E-state index contributed by atoms with van der Waals surface area (Å²) in [5.41, 5.74) is 1.21. The second kappa shape index (κ2) is 5.95. The van der Waals surface area contributed by atoms with E-state index in [0.717, 1.165) is 0 Å². The Morgan fingerprint density at radius 2 is 2.00 bits per heavy atom. The van der Waals surface area contributed by atoms with E-state index in [4.69, 9.17) is 9.47 Å². The normalized spacial score (nSPS) is 19.8. The minimum atomic E-state index is -0.699. The fourth-order valence-electron chi connectivity index (χ4n) is 3.03. The van der Waals surface area contributed by atoms with Gasteiger partial charge < -0.3 is 14.4 Å². The van der Waals surface area contributed by atoms with E-state index < -0.39 is 17.9 Å². The number of nitrogens with zero attached hydrogens (tertiary/aromatic N) is 1. The predicted octanol–water partition coefficient (Wildman–Crippen LogP) is 0.243. The van der Waals surface area contributed by atoms with Crippen molar-refractivity contribution in [3.8, 4) is 5.75 Å². The summed E-state index contributed by atoms with van der Waals surface area (Å²) in [5, 5.41) is 2.24. The molecule has 3 amide bonds. The summed E-state index contributed by atoms with van der Waals surface area (Å²) in [7, 11) is 2.65. The Labute approximate surface area is 137 Å². The lowest BCUT2D eigenvalue weighted by Gasteiger charge is -2.29. The molecule has 0 bridgehead atoms. The van der Waals surface area contributed by atoms with Crippen LogP contribution in [0.1, 0.15) is 39.1 Å². The van der Waals surface area contributed by atoms with Crippen LogP contribution in [0.15, 0.2) is 12.1 Å². The van der Waals surface area contributed by atoms with E-state index in [2.05, 4.69) is 5.32 Å². The molecule has 2 aliphatic rings. The van der Waals surface area contributed by atoms with Gasteiger partial charge in [-0.25, -0.2) is 4.79 Å². The Morgan fingerprint density at radius 3 is 2.62 bits per heavy atom. The SMILES string of the molecule is COC(=O)c1cc2c(cc1OC)C(=O)N(C1CCC(=O)NC1=O)C2. The van der Waals surface area contributed by atoms with Gasteiger partial charge in [0.25, 0.3) is 5.91 Å². The first-order chi connectivity index (χ1) is 11.5. The number of carbonyl (C=O) groups excluding carboxylic acids is 4. The summed E-state index contributed by atoms with van der Waals surface area (Å²) < 4.78 is 9.88. The van der Waals surface area contributed by atoms with Crippen molar-refractivity contribution in [1.29, 1.82) is 0 Å². The van der Waals surface area contributed by atoms with Crippen molar-refractivity contribution in [2.24, 2.45) is 0 Å². The second-order valence-electron chi connectivity index (χ2n) is 5.60. The van der Waals surface area contributed by atoms with Crippen LogP contribution >= 0.6 is 0 Å². The number of piperidine rings is 1. The third-order valence-corrected chi connectivity index (χ3v) is 4.25. The van der Waals surface area contributed by atoms with E-state index in [-0.39, 0.29) is 42.5 Å². The molecule has 0 aliphatic carbocycles. The van der Waals surface area contributed by atoms with Crippen molar-refractivity contribution < 1.29 is 28.7 Å². The maximum atomic E-state index is 12.6. The van der Waals surface area contributed by atoms with Crippen molar-refractivity contribution >= 4 is 23.7 Å². The lowest BCUT2D eigenvalue weighted by atomic mass is 10.0. The van der Waals surface area contributed by atoms with Gasteiger partial charge in [0.15, 0.2) is 0 Å². The molecule has 1 atom stereocenters. The van der Waals surface area contributed by atoms with Crippen molar-refractivity contribution in [2.45, 2.75) is 25.4 Å². The van der Waals surface area contributed by atoms with Crippen LogP contribution in [0, 0.1) is 0 Å². The minimum absolute atomic E-state index is 0.188. The van der Waals surface area contributed by atoms with Gasteiger partial charge in [-0.3, -0.25) is 19.7 Å². The van der Waals surface area contributed by atoms with Gasteiger partial charge in [-0.15, -0.1) is 0 Å². The van der Waals surface area contributed by atoms with E-state index in [1.807, 2.05) is 0 Å². The third kappa shape index (κ3) is 2.49. The van der Waals surface area contributed by atoms with Gasteiger partial charge in [0.05, 0.1) is 14.2 Å². The number of ether oxygens (including phenoxy) is 2. The number of hydrogen-bond acceptors (Lipinski definition) is 6. The van der Waals surface area contributed by atoms with Gasteiger partial charge in [0, 0.05) is 18.5 Å². The van der Waals surface area contributed by atoms with Crippen LogP contribution in [0.2, 0.25) is 0 Å². The van der Waals surface area contributed by atoms with E-state index >= 15 is 0 Å². The fraction of sp³-hybridized carbons (Fsp3) is 0.375. The molecule has 1 fully saturated rings. The van der Waals surface area contributed by atoms with Gasteiger partial charge in [0.2, 0.25) is 11.8 Å². The lowest BCUT2D eigenvalue weighted by molar-refractivity contribution is -0.136. The van der Waals surface area contributed by atoms with Gasteiger partial charge in [-0.2, -0.15) is 0 Å². The molecule has 8 nitrogen and oxygen atoms in total. The van der Waals surface area contributed by atoms with E-state index in [0.29, 0.717) is 11.1 Å². The van der Waals surface area contributed by atoms with Crippen LogP contribution in [-0.2, 0) is 20.9 Å². The zero-order valence-electron chi connectivity index (χ0n) is 13.3. The van der Waals surface area contributed by atoms with Crippen LogP contribution in [0.5, 0.6) is 5.75 Å². The van der Waals surface area contributed by atoms with Gasteiger partial charge in [-0.05, 0) is 24.1 Å². The van der Waals surface area contributed by atoms with Gasteiger partial charge in [0.1, 0.15) is 17.4 Å². The second-order valence-corrected chi connectivity index (χ2v) is 5.60. The molecule has 126 valence electrons. The van der Waals surface area contributed by atoms with Crippen molar-refractivity contribution in [2.75, 3.05) is 14.2 Å². The highest BCUT2D eigenvalue weighted by Crippen LogP contribution is 2.32. The van der Waals surface area contributed by atoms with Crippen molar-refractivity contribution in [1.82, 2.24) is 10.2 Å². The Bertz CT molecular complexity index is 757. The number of rotatable bonds is 3. The summed E-state index contributed by atoms with van der Waals surface area (Å²) in [6, 6.07) is 2.33. The monoisotopic (exact) mass is 332 g/mol. The Hall–Kier alpha value is -2.90. The third-order valence-electron chi connectivity index (χ3n) is 4.25. The molecule has 0 spiro atoms. The number of hydrogen-bond donors (Lipinski definition) is 1. The average Bonchev–Trinajstić information content (AvgIpc) is 2.89. The van der Waals surface area contributed by atoms with Crippen LogP contribution in [0.25, 0.3) is 0 Å². The Balaban J connectivity index is 1.94. The number of esters is 1.